The molecular formula is C24H27N5O5S. The number of hydrogen-bond donors (Lipinski definition) is 2. The Kier molecular flexibility index (Phi) is 7.17. The molecule has 1 saturated heterocycles. The number of nitrogens with two attached hydrogens (primary N) is 1. The maximum absolute atomic E-state index is 13.0. The summed E-state index contributed by atoms with van der Waals surface area (Å²) in [7, 11) is -3.74. The van der Waals surface area contributed by atoms with Gasteiger partial charge in [0.15, 0.2) is 5.76 Å². The summed E-state index contributed by atoms with van der Waals surface area (Å²) in [6, 6.07) is 13.1. The molecule has 3 N–H and O–H groups in total. The predicted octanol–water partition coefficient (Wildman–Crippen LogP) is 1.57. The average molecular weight is 498 g/mol. The van der Waals surface area contributed by atoms with Crippen LogP contribution in [0.15, 0.2) is 64.1 Å². The number of aromatic nitrogens is 1. The minimum absolute atomic E-state index is 0.0478. The van der Waals surface area contributed by atoms with Gasteiger partial charge in [0.25, 0.3) is 11.8 Å². The molecule has 2 aromatic heterocycles. The summed E-state index contributed by atoms with van der Waals surface area (Å²) < 4.78 is 28.0. The van der Waals surface area contributed by atoms with E-state index in [2.05, 4.69) is 10.3 Å². The summed E-state index contributed by atoms with van der Waals surface area (Å²) >= 11 is 0. The number of nitrogens with zero attached hydrogens (tertiary/aromatic N) is 3. The second-order valence-electron chi connectivity index (χ2n) is 8.28. The van der Waals surface area contributed by atoms with Crippen molar-refractivity contribution in [3.8, 4) is 0 Å². The fourth-order valence-electron chi connectivity index (χ4n) is 3.90. The second-order valence-corrected chi connectivity index (χ2v) is 9.84. The highest BCUT2D eigenvalue weighted by atomic mass is 32.2. The van der Waals surface area contributed by atoms with Gasteiger partial charge in [-0.25, -0.2) is 18.5 Å². The van der Waals surface area contributed by atoms with Crippen molar-refractivity contribution in [3.63, 3.8) is 0 Å². The SMILES string of the molecule is Cc1ccc(C(=O)NCCc2ccc(S(N)(=O)=O)cc2)c(N2CCN(C(=O)c3ccco3)CC2)n1. The molecule has 184 valence electrons. The van der Waals surface area contributed by atoms with Gasteiger partial charge in [-0.05, 0) is 55.3 Å². The molecular weight excluding hydrogens is 470 g/mol. The van der Waals surface area contributed by atoms with E-state index >= 15 is 0 Å². The average Bonchev–Trinajstić information content (AvgIpc) is 3.38. The molecule has 0 aliphatic carbocycles. The van der Waals surface area contributed by atoms with Crippen LogP contribution in [-0.2, 0) is 16.4 Å². The number of benzene rings is 1. The van der Waals surface area contributed by atoms with Crippen LogP contribution in [0.4, 0.5) is 5.82 Å². The summed E-state index contributed by atoms with van der Waals surface area (Å²) in [6.07, 6.45) is 2.00. The lowest BCUT2D eigenvalue weighted by Gasteiger charge is -2.35. The molecule has 0 saturated carbocycles. The van der Waals surface area contributed by atoms with E-state index in [1.165, 1.54) is 18.4 Å². The molecule has 3 aromatic rings. The van der Waals surface area contributed by atoms with Crippen LogP contribution in [0, 0.1) is 6.92 Å². The number of furan rings is 1. The zero-order chi connectivity index (χ0) is 25.0. The van der Waals surface area contributed by atoms with Gasteiger partial charge in [-0.3, -0.25) is 9.59 Å². The maximum Gasteiger partial charge on any atom is 0.289 e. The molecule has 0 radical (unpaired) electrons. The predicted molar refractivity (Wildman–Crippen MR) is 130 cm³/mol. The zero-order valence-electron chi connectivity index (χ0n) is 19.3. The number of piperazine rings is 1. The van der Waals surface area contributed by atoms with Crippen molar-refractivity contribution in [3.05, 3.63) is 77.4 Å². The third-order valence-corrected chi connectivity index (χ3v) is 6.74. The number of primary sulfonamides is 1. The minimum atomic E-state index is -3.74. The molecule has 11 heteroatoms. The highest BCUT2D eigenvalue weighted by Crippen LogP contribution is 2.21. The number of amides is 2. The van der Waals surface area contributed by atoms with Crippen molar-refractivity contribution in [1.29, 1.82) is 0 Å². The molecule has 0 atom stereocenters. The lowest BCUT2D eigenvalue weighted by molar-refractivity contribution is 0.0713. The molecule has 0 spiro atoms. The lowest BCUT2D eigenvalue weighted by Crippen LogP contribution is -2.49. The number of rotatable bonds is 7. The topological polar surface area (TPSA) is 139 Å². The van der Waals surface area contributed by atoms with Crippen molar-refractivity contribution in [2.45, 2.75) is 18.2 Å². The van der Waals surface area contributed by atoms with Gasteiger partial charge in [0.2, 0.25) is 10.0 Å². The first-order chi connectivity index (χ1) is 16.7. The fraction of sp³-hybridized carbons (Fsp3) is 0.292. The first kappa shape index (κ1) is 24.4. The van der Waals surface area contributed by atoms with Gasteiger partial charge in [0.05, 0.1) is 16.7 Å². The van der Waals surface area contributed by atoms with Crippen LogP contribution < -0.4 is 15.4 Å². The van der Waals surface area contributed by atoms with Crippen molar-refractivity contribution < 1.29 is 22.4 Å². The molecule has 0 bridgehead atoms. The Balaban J connectivity index is 1.37. The Bertz CT molecular complexity index is 1300. The highest BCUT2D eigenvalue weighted by Gasteiger charge is 2.26. The highest BCUT2D eigenvalue weighted by molar-refractivity contribution is 7.89. The van der Waals surface area contributed by atoms with Gasteiger partial charge in [-0.2, -0.15) is 0 Å². The van der Waals surface area contributed by atoms with Crippen molar-refractivity contribution in [2.24, 2.45) is 5.14 Å². The van der Waals surface area contributed by atoms with Gasteiger partial charge in [0, 0.05) is 38.4 Å². The van der Waals surface area contributed by atoms with Crippen LogP contribution in [0.2, 0.25) is 0 Å². The van der Waals surface area contributed by atoms with Crippen LogP contribution >= 0.6 is 0 Å². The Morgan fingerprint density at radius 1 is 1.06 bits per heavy atom. The smallest absolute Gasteiger partial charge is 0.289 e. The number of carbonyl (C=O) groups excluding carboxylic acids is 2. The van der Waals surface area contributed by atoms with Gasteiger partial charge in [-0.1, -0.05) is 12.1 Å². The molecule has 1 fully saturated rings. The molecule has 10 nitrogen and oxygen atoms in total. The van der Waals surface area contributed by atoms with Crippen molar-refractivity contribution >= 4 is 27.7 Å². The van der Waals surface area contributed by atoms with E-state index in [1.54, 1.807) is 41.3 Å². The monoisotopic (exact) mass is 497 g/mol. The van der Waals surface area contributed by atoms with Gasteiger partial charge in [0.1, 0.15) is 5.82 Å². The van der Waals surface area contributed by atoms with Crippen LogP contribution in [0.25, 0.3) is 0 Å². The van der Waals surface area contributed by atoms with Gasteiger partial charge >= 0.3 is 0 Å². The van der Waals surface area contributed by atoms with Crippen molar-refractivity contribution in [2.75, 3.05) is 37.6 Å². The van der Waals surface area contributed by atoms with Crippen LogP contribution in [0.5, 0.6) is 0 Å². The summed E-state index contributed by atoms with van der Waals surface area (Å²) in [5, 5.41) is 8.03. The number of aryl methyl sites for hydroxylation is 1. The van der Waals surface area contributed by atoms with E-state index < -0.39 is 10.0 Å². The molecule has 35 heavy (non-hydrogen) atoms. The van der Waals surface area contributed by atoms with Gasteiger partial charge < -0.3 is 19.5 Å². The number of sulfonamides is 1. The number of anilines is 1. The second kappa shape index (κ2) is 10.3. The molecule has 0 unspecified atom stereocenters. The lowest BCUT2D eigenvalue weighted by atomic mass is 10.1. The normalized spacial score (nSPS) is 14.1. The van der Waals surface area contributed by atoms with Crippen LogP contribution in [0.1, 0.15) is 32.2 Å². The zero-order valence-corrected chi connectivity index (χ0v) is 20.1. The fourth-order valence-corrected chi connectivity index (χ4v) is 4.42. The quantitative estimate of drug-likeness (QED) is 0.505. The molecule has 2 amide bonds. The number of carbonyl (C=O) groups is 2. The summed E-state index contributed by atoms with van der Waals surface area (Å²) in [5.41, 5.74) is 2.13. The van der Waals surface area contributed by atoms with E-state index in [-0.39, 0.29) is 16.7 Å². The number of hydrogen-bond acceptors (Lipinski definition) is 7. The first-order valence-corrected chi connectivity index (χ1v) is 12.7. The molecule has 1 aromatic carbocycles. The van der Waals surface area contributed by atoms with E-state index in [0.717, 1.165) is 11.3 Å². The Morgan fingerprint density at radius 2 is 1.77 bits per heavy atom. The Morgan fingerprint density at radius 3 is 2.40 bits per heavy atom. The maximum atomic E-state index is 13.0. The molecule has 1 aliphatic rings. The van der Waals surface area contributed by atoms with Gasteiger partial charge in [-0.15, -0.1) is 0 Å². The third kappa shape index (κ3) is 5.87. The Hall–Kier alpha value is -3.70. The van der Waals surface area contributed by atoms with Crippen molar-refractivity contribution in [1.82, 2.24) is 15.2 Å². The first-order valence-electron chi connectivity index (χ1n) is 11.2. The number of nitrogens with one attached hydrogen (secondary N) is 1. The summed E-state index contributed by atoms with van der Waals surface area (Å²) in [5.74, 6) is 0.501. The van der Waals surface area contributed by atoms with E-state index in [9.17, 15) is 18.0 Å². The third-order valence-electron chi connectivity index (χ3n) is 5.81. The largest absolute Gasteiger partial charge is 0.459 e. The van der Waals surface area contributed by atoms with E-state index in [1.807, 2.05) is 11.8 Å². The summed E-state index contributed by atoms with van der Waals surface area (Å²) in [4.78, 5) is 33.9. The molecule has 3 heterocycles. The standard InChI is InChI=1S/C24H27N5O5S/c1-17-4-9-20(23(30)26-11-10-18-5-7-19(8-6-18)35(25,32)33)22(27-17)28-12-14-29(15-13-28)24(31)21-3-2-16-34-21/h2-9,16H,10-15H2,1H3,(H,26,30)(H2,25,32,33). The number of pyridine rings is 1. The summed E-state index contributed by atoms with van der Waals surface area (Å²) in [6.45, 7) is 4.30. The van der Waals surface area contributed by atoms with Crippen LogP contribution in [-0.4, -0.2) is 62.8 Å². The van der Waals surface area contributed by atoms with E-state index in [0.29, 0.717) is 56.3 Å². The van der Waals surface area contributed by atoms with Crippen LogP contribution in [0.3, 0.4) is 0 Å². The Labute approximate surface area is 203 Å². The molecule has 1 aliphatic heterocycles. The minimum Gasteiger partial charge on any atom is -0.459 e. The van der Waals surface area contributed by atoms with E-state index in [4.69, 9.17) is 9.56 Å². The molecule has 4 rings (SSSR count).